The molecule has 126 valence electrons. The molecule has 0 N–H and O–H groups in total. The highest BCUT2D eigenvalue weighted by molar-refractivity contribution is 6.82. The van der Waals surface area contributed by atoms with E-state index in [9.17, 15) is 0 Å². The van der Waals surface area contributed by atoms with Crippen LogP contribution in [0.1, 0.15) is 41.5 Å². The summed E-state index contributed by atoms with van der Waals surface area (Å²) in [6.07, 6.45) is 0.792. The van der Waals surface area contributed by atoms with Gasteiger partial charge in [-0.3, -0.25) is 0 Å². The Hall–Kier alpha value is 0.668. The first kappa shape index (κ1) is 19.7. The van der Waals surface area contributed by atoms with Gasteiger partial charge in [-0.05, 0) is 38.0 Å². The van der Waals surface area contributed by atoms with Gasteiger partial charge in [0.1, 0.15) is 0 Å². The van der Waals surface area contributed by atoms with Crippen LogP contribution in [0.2, 0.25) is 24.2 Å². The van der Waals surface area contributed by atoms with Gasteiger partial charge in [-0.2, -0.15) is 0 Å². The van der Waals surface area contributed by atoms with Crippen LogP contribution in [0.15, 0.2) is 0 Å². The molecular formula is C12H32O5Si4. The molecule has 0 aliphatic carbocycles. The molecule has 0 amide bonds. The van der Waals surface area contributed by atoms with Gasteiger partial charge >= 0.3 is 36.4 Å². The molecule has 0 saturated carbocycles. The van der Waals surface area contributed by atoms with Crippen LogP contribution in [-0.4, -0.2) is 48.7 Å². The molecule has 2 unspecified atom stereocenters. The Morgan fingerprint density at radius 1 is 0.857 bits per heavy atom. The van der Waals surface area contributed by atoms with E-state index in [1.807, 2.05) is 0 Å². The normalized spacial score (nSPS) is 34.7. The maximum absolute atomic E-state index is 6.49. The Morgan fingerprint density at radius 2 is 1.33 bits per heavy atom. The summed E-state index contributed by atoms with van der Waals surface area (Å²) in [4.78, 5) is 0. The van der Waals surface area contributed by atoms with Crippen molar-refractivity contribution >= 4 is 36.4 Å². The maximum Gasteiger partial charge on any atom is 0.346 e. The highest BCUT2D eigenvalue weighted by Crippen LogP contribution is 2.24. The van der Waals surface area contributed by atoms with Crippen molar-refractivity contribution in [3.8, 4) is 0 Å². The smallest absolute Gasteiger partial charge is 0.346 e. The average molecular weight is 369 g/mol. The molecule has 1 aliphatic rings. The highest BCUT2D eigenvalue weighted by Gasteiger charge is 2.44. The van der Waals surface area contributed by atoms with E-state index in [0.29, 0.717) is 6.23 Å². The minimum absolute atomic E-state index is 0.196. The lowest BCUT2D eigenvalue weighted by molar-refractivity contribution is 0.0897. The van der Waals surface area contributed by atoms with E-state index in [1.165, 1.54) is 0 Å². The van der Waals surface area contributed by atoms with Crippen LogP contribution >= 0.6 is 0 Å². The lowest BCUT2D eigenvalue weighted by Crippen LogP contribution is -2.58. The Balaban J connectivity index is 2.87. The summed E-state index contributed by atoms with van der Waals surface area (Å²) in [5.74, 6) is 0. The SMILES string of the molecule is CC[SiH]1O[SiH](CC)O[Si](CC)(COC(C)C)O[SiH](CC)O1. The second-order valence-corrected chi connectivity index (χ2v) is 17.6. The first-order valence-electron chi connectivity index (χ1n) is 8.26. The minimum atomic E-state index is -2.34. The molecule has 1 heterocycles. The average Bonchev–Trinajstić information content (AvgIpc) is 2.47. The Bertz CT molecular complexity index is 279. The van der Waals surface area contributed by atoms with E-state index in [4.69, 9.17) is 21.2 Å². The Morgan fingerprint density at radius 3 is 1.67 bits per heavy atom. The van der Waals surface area contributed by atoms with Gasteiger partial charge in [-0.15, -0.1) is 0 Å². The monoisotopic (exact) mass is 368 g/mol. The molecule has 21 heavy (non-hydrogen) atoms. The molecule has 0 aromatic heterocycles. The summed E-state index contributed by atoms with van der Waals surface area (Å²) in [6.45, 7) is 12.7. The van der Waals surface area contributed by atoms with E-state index in [0.717, 1.165) is 24.2 Å². The van der Waals surface area contributed by atoms with Crippen molar-refractivity contribution in [2.24, 2.45) is 0 Å². The zero-order valence-corrected chi connectivity index (χ0v) is 18.9. The maximum atomic E-state index is 6.49. The van der Waals surface area contributed by atoms with Crippen molar-refractivity contribution in [3.63, 3.8) is 0 Å². The van der Waals surface area contributed by atoms with Gasteiger partial charge in [-0.1, -0.05) is 27.7 Å². The second kappa shape index (κ2) is 9.73. The molecule has 1 aliphatic heterocycles. The summed E-state index contributed by atoms with van der Waals surface area (Å²) in [6, 6.07) is 3.82. The van der Waals surface area contributed by atoms with Crippen LogP contribution in [0.4, 0.5) is 0 Å². The number of rotatable bonds is 7. The first-order chi connectivity index (χ1) is 9.98. The fourth-order valence-electron chi connectivity index (χ4n) is 2.12. The molecule has 0 aromatic carbocycles. The topological polar surface area (TPSA) is 46.2 Å². The van der Waals surface area contributed by atoms with E-state index in [1.54, 1.807) is 0 Å². The van der Waals surface area contributed by atoms with Crippen molar-refractivity contribution in [1.29, 1.82) is 0 Å². The molecular weight excluding hydrogens is 336 g/mol. The largest absolute Gasteiger partial charge is 0.420 e. The third-order valence-electron chi connectivity index (χ3n) is 3.47. The fourth-order valence-corrected chi connectivity index (χ4v) is 18.7. The van der Waals surface area contributed by atoms with Crippen LogP contribution < -0.4 is 0 Å². The number of ether oxygens (including phenoxy) is 1. The zero-order valence-electron chi connectivity index (χ0n) is 14.4. The first-order valence-corrected chi connectivity index (χ1v) is 15.8. The van der Waals surface area contributed by atoms with Crippen LogP contribution in [-0.2, 0) is 21.2 Å². The summed E-state index contributed by atoms with van der Waals surface area (Å²) in [5.41, 5.74) is 0. The standard InChI is InChI=1S/C12H32O5Si4/c1-7-18-14-19(8-2)16-21(10-4,11-13-12(5)6)17-20(9-3)15-18/h12,18-20H,7-11H2,1-6H3. The van der Waals surface area contributed by atoms with Gasteiger partial charge in [0.05, 0.1) is 12.3 Å². The fraction of sp³-hybridized carbons (Fsp3) is 1.00. The van der Waals surface area contributed by atoms with Gasteiger partial charge in [0.2, 0.25) is 0 Å². The summed E-state index contributed by atoms with van der Waals surface area (Å²) < 4.78 is 31.4. The quantitative estimate of drug-likeness (QED) is 0.645. The molecule has 5 nitrogen and oxygen atoms in total. The molecule has 0 aromatic rings. The lowest BCUT2D eigenvalue weighted by Gasteiger charge is -2.40. The van der Waals surface area contributed by atoms with Crippen molar-refractivity contribution in [2.45, 2.75) is 71.8 Å². The van der Waals surface area contributed by atoms with E-state index < -0.39 is 36.4 Å². The van der Waals surface area contributed by atoms with Crippen LogP contribution in [0.25, 0.3) is 0 Å². The van der Waals surface area contributed by atoms with Crippen LogP contribution in [0.3, 0.4) is 0 Å². The van der Waals surface area contributed by atoms with Gasteiger partial charge in [0.25, 0.3) is 0 Å². The van der Waals surface area contributed by atoms with Gasteiger partial charge in [0, 0.05) is 0 Å². The van der Waals surface area contributed by atoms with Crippen molar-refractivity contribution in [3.05, 3.63) is 0 Å². The molecule has 1 fully saturated rings. The van der Waals surface area contributed by atoms with Crippen LogP contribution in [0.5, 0.6) is 0 Å². The summed E-state index contributed by atoms with van der Waals surface area (Å²) in [5, 5.41) is 0. The van der Waals surface area contributed by atoms with Crippen LogP contribution in [0, 0.1) is 0 Å². The third kappa shape index (κ3) is 6.35. The second-order valence-electron chi connectivity index (χ2n) is 5.65. The third-order valence-corrected chi connectivity index (χ3v) is 17.6. The Labute approximate surface area is 136 Å². The number of hydrogen-bond donors (Lipinski definition) is 0. The highest BCUT2D eigenvalue weighted by atomic mass is 28.5. The molecule has 1 rings (SSSR count). The Kier molecular flexibility index (Phi) is 9.13. The van der Waals surface area contributed by atoms with E-state index >= 15 is 0 Å². The van der Waals surface area contributed by atoms with Gasteiger partial charge in [-0.25, -0.2) is 0 Å². The van der Waals surface area contributed by atoms with Gasteiger partial charge < -0.3 is 21.2 Å². The van der Waals surface area contributed by atoms with Gasteiger partial charge in [0.15, 0.2) is 0 Å². The predicted octanol–water partition coefficient (Wildman–Crippen LogP) is 2.21. The number of hydrogen-bond acceptors (Lipinski definition) is 5. The molecule has 2 atom stereocenters. The van der Waals surface area contributed by atoms with Crippen molar-refractivity contribution in [2.75, 3.05) is 6.23 Å². The van der Waals surface area contributed by atoms with E-state index in [-0.39, 0.29) is 6.10 Å². The summed E-state index contributed by atoms with van der Waals surface area (Å²) in [7, 11) is -7.29. The van der Waals surface area contributed by atoms with Crippen molar-refractivity contribution < 1.29 is 21.2 Å². The molecule has 0 radical (unpaired) electrons. The lowest BCUT2D eigenvalue weighted by atomic mass is 10.5. The van der Waals surface area contributed by atoms with E-state index in [2.05, 4.69) is 41.5 Å². The predicted molar refractivity (Wildman–Crippen MR) is 94.6 cm³/mol. The van der Waals surface area contributed by atoms with Crippen molar-refractivity contribution in [1.82, 2.24) is 0 Å². The molecule has 0 spiro atoms. The minimum Gasteiger partial charge on any atom is -0.420 e. The molecule has 0 bridgehead atoms. The zero-order chi connectivity index (χ0) is 15.9. The summed E-state index contributed by atoms with van der Waals surface area (Å²) >= 11 is 0. The molecule has 1 saturated heterocycles. The molecule has 9 heteroatoms.